The molecule has 1 saturated heterocycles. The molecule has 0 bridgehead atoms. The number of quaternary nitrogens is 1. The lowest BCUT2D eigenvalue weighted by atomic mass is 10.1. The minimum Gasteiger partial charge on any atom is -0.744 e. The van der Waals surface area contributed by atoms with Crippen molar-refractivity contribution in [1.29, 1.82) is 0 Å². The van der Waals surface area contributed by atoms with Gasteiger partial charge in [-0.05, 0) is 35.3 Å². The Balaban J connectivity index is 0.000000488. The summed E-state index contributed by atoms with van der Waals surface area (Å²) in [6.07, 6.45) is 10.6. The standard InChI is InChI=1S/C20H35INO3.C7H8O3S/c1-2-3-4-5-6-7-8-9-17-25-20(23)11-14-22(13-10-12-21)15-18-24-19-16-22;1-6-2-4-7(5-3-6)11(8,9)10/h2-9,11,13-19H2,1H3;2-5H,1H3,(H,8,9,10)/q+1;/p-1. The van der Waals surface area contributed by atoms with E-state index in [0.29, 0.717) is 13.0 Å². The number of esters is 1. The molecule has 7 nitrogen and oxygen atoms in total. The molecule has 1 heterocycles. The molecule has 0 radical (unpaired) electrons. The molecule has 0 aromatic heterocycles. The summed E-state index contributed by atoms with van der Waals surface area (Å²) in [5, 5.41) is 0. The van der Waals surface area contributed by atoms with Gasteiger partial charge in [-0.3, -0.25) is 4.79 Å². The summed E-state index contributed by atoms with van der Waals surface area (Å²) in [4.78, 5) is 11.8. The van der Waals surface area contributed by atoms with Crippen molar-refractivity contribution in [1.82, 2.24) is 0 Å². The van der Waals surface area contributed by atoms with Gasteiger partial charge >= 0.3 is 5.97 Å². The Morgan fingerprint density at radius 3 is 2.19 bits per heavy atom. The van der Waals surface area contributed by atoms with Gasteiger partial charge in [0.15, 0.2) is 0 Å². The van der Waals surface area contributed by atoms with Crippen LogP contribution < -0.4 is 0 Å². The van der Waals surface area contributed by atoms with Crippen molar-refractivity contribution in [3.63, 3.8) is 0 Å². The summed E-state index contributed by atoms with van der Waals surface area (Å²) >= 11 is 2.08. The van der Waals surface area contributed by atoms with Gasteiger partial charge in [-0.15, -0.1) is 0 Å². The number of unbranched alkanes of at least 4 members (excludes halogenated alkanes) is 7. The van der Waals surface area contributed by atoms with Crippen molar-refractivity contribution >= 4 is 38.7 Å². The summed E-state index contributed by atoms with van der Waals surface area (Å²) in [6, 6.07) is 5.78. The molecule has 0 saturated carbocycles. The molecule has 0 spiro atoms. The molecular formula is C27H42INO6S. The Morgan fingerprint density at radius 1 is 1.06 bits per heavy atom. The Morgan fingerprint density at radius 2 is 1.64 bits per heavy atom. The van der Waals surface area contributed by atoms with Crippen LogP contribution in [0.25, 0.3) is 0 Å². The van der Waals surface area contributed by atoms with E-state index in [4.69, 9.17) is 9.47 Å². The van der Waals surface area contributed by atoms with Gasteiger partial charge in [-0.2, -0.15) is 0 Å². The predicted molar refractivity (Wildman–Crippen MR) is 150 cm³/mol. The van der Waals surface area contributed by atoms with Gasteiger partial charge in [0.1, 0.15) is 29.8 Å². The quantitative estimate of drug-likeness (QED) is 0.0697. The van der Waals surface area contributed by atoms with E-state index in [1.54, 1.807) is 12.1 Å². The molecular weight excluding hydrogens is 593 g/mol. The number of ether oxygens (including phenoxy) is 2. The molecule has 1 aromatic rings. The van der Waals surface area contributed by atoms with Crippen LogP contribution in [0.4, 0.5) is 0 Å². The SMILES string of the molecule is CCCCCCCCCCOC(=O)CC[N+]1(CC#CI)CCOCC1.Cc1ccc(S(=O)(=O)[O-])cc1. The third kappa shape index (κ3) is 15.2. The predicted octanol–water partition coefficient (Wildman–Crippen LogP) is 5.20. The van der Waals surface area contributed by atoms with Crippen LogP contribution in [0.3, 0.4) is 0 Å². The summed E-state index contributed by atoms with van der Waals surface area (Å²) in [7, 11) is -4.27. The highest BCUT2D eigenvalue weighted by Crippen LogP contribution is 2.13. The zero-order valence-electron chi connectivity index (χ0n) is 21.8. The molecule has 0 N–H and O–H groups in total. The van der Waals surface area contributed by atoms with Crippen LogP contribution in [0, 0.1) is 16.8 Å². The number of benzene rings is 1. The summed E-state index contributed by atoms with van der Waals surface area (Å²) in [5.74, 6) is 3.11. The van der Waals surface area contributed by atoms with E-state index in [-0.39, 0.29) is 10.9 Å². The zero-order chi connectivity index (χ0) is 26.7. The van der Waals surface area contributed by atoms with Crippen molar-refractivity contribution in [2.45, 2.75) is 76.5 Å². The second-order valence-corrected chi connectivity index (χ2v) is 11.2. The monoisotopic (exact) mass is 635 g/mol. The number of carbonyl (C=O) groups excluding carboxylic acids is 1. The van der Waals surface area contributed by atoms with Gasteiger partial charge < -0.3 is 18.5 Å². The fourth-order valence-electron chi connectivity index (χ4n) is 3.92. The Bertz CT molecular complexity index is 902. The number of halogens is 1. The molecule has 2 rings (SSSR count). The largest absolute Gasteiger partial charge is 0.744 e. The number of hydrogen-bond acceptors (Lipinski definition) is 6. The molecule has 0 atom stereocenters. The van der Waals surface area contributed by atoms with Crippen LogP contribution in [-0.2, 0) is 24.4 Å². The van der Waals surface area contributed by atoms with Crippen LogP contribution in [0.1, 0.15) is 70.3 Å². The summed E-state index contributed by atoms with van der Waals surface area (Å²) < 4.78 is 45.8. The summed E-state index contributed by atoms with van der Waals surface area (Å²) in [5.41, 5.74) is 0.928. The van der Waals surface area contributed by atoms with Crippen LogP contribution in [0.5, 0.6) is 0 Å². The number of nitrogens with zero attached hydrogens (tertiary/aromatic N) is 1. The molecule has 204 valence electrons. The third-order valence-corrected chi connectivity index (χ3v) is 7.49. The second kappa shape index (κ2) is 19.0. The minimum absolute atomic E-state index is 0.0608. The fraction of sp³-hybridized carbons (Fsp3) is 0.667. The number of hydrogen-bond donors (Lipinski definition) is 0. The van der Waals surface area contributed by atoms with Crippen LogP contribution in [0.15, 0.2) is 29.2 Å². The third-order valence-electron chi connectivity index (χ3n) is 6.26. The van der Waals surface area contributed by atoms with E-state index in [0.717, 1.165) is 55.9 Å². The smallest absolute Gasteiger partial charge is 0.311 e. The van der Waals surface area contributed by atoms with E-state index < -0.39 is 10.1 Å². The highest BCUT2D eigenvalue weighted by Gasteiger charge is 2.30. The molecule has 1 aliphatic rings. The van der Waals surface area contributed by atoms with Crippen LogP contribution in [-0.4, -0.2) is 69.4 Å². The van der Waals surface area contributed by atoms with Gasteiger partial charge in [0.05, 0.1) is 37.7 Å². The number of carbonyl (C=O) groups is 1. The van der Waals surface area contributed by atoms with E-state index in [1.165, 1.54) is 57.1 Å². The first-order chi connectivity index (χ1) is 17.2. The highest BCUT2D eigenvalue weighted by molar-refractivity contribution is 14.1. The topological polar surface area (TPSA) is 92.7 Å². The van der Waals surface area contributed by atoms with Crippen molar-refractivity contribution in [2.24, 2.45) is 0 Å². The van der Waals surface area contributed by atoms with E-state index in [9.17, 15) is 17.8 Å². The maximum absolute atomic E-state index is 12.0. The van der Waals surface area contributed by atoms with Crippen molar-refractivity contribution in [3.05, 3.63) is 29.8 Å². The van der Waals surface area contributed by atoms with Crippen LogP contribution >= 0.6 is 22.6 Å². The maximum Gasteiger partial charge on any atom is 0.311 e. The van der Waals surface area contributed by atoms with Gasteiger partial charge in [-0.1, -0.05) is 69.6 Å². The fourth-order valence-corrected chi connectivity index (χ4v) is 4.56. The van der Waals surface area contributed by atoms with E-state index in [1.807, 2.05) is 6.92 Å². The van der Waals surface area contributed by atoms with E-state index in [2.05, 4.69) is 39.4 Å². The average Bonchev–Trinajstić information content (AvgIpc) is 2.86. The van der Waals surface area contributed by atoms with Gasteiger partial charge in [-0.25, -0.2) is 8.42 Å². The molecule has 0 amide bonds. The van der Waals surface area contributed by atoms with Crippen LogP contribution in [0.2, 0.25) is 0 Å². The van der Waals surface area contributed by atoms with Crippen molar-refractivity contribution in [2.75, 3.05) is 46.0 Å². The highest BCUT2D eigenvalue weighted by atomic mass is 127. The Labute approximate surface area is 231 Å². The van der Waals surface area contributed by atoms with E-state index >= 15 is 0 Å². The lowest BCUT2D eigenvalue weighted by molar-refractivity contribution is -0.928. The zero-order valence-corrected chi connectivity index (χ0v) is 24.8. The Hall–Kier alpha value is -1.19. The number of morpholine rings is 1. The lowest BCUT2D eigenvalue weighted by Crippen LogP contribution is -2.56. The second-order valence-electron chi connectivity index (χ2n) is 9.27. The molecule has 1 aromatic carbocycles. The average molecular weight is 636 g/mol. The molecule has 9 heteroatoms. The van der Waals surface area contributed by atoms with Gasteiger partial charge in [0.25, 0.3) is 0 Å². The first kappa shape index (κ1) is 32.8. The molecule has 1 aliphatic heterocycles. The lowest BCUT2D eigenvalue weighted by Gasteiger charge is -2.39. The minimum atomic E-state index is -4.27. The molecule has 1 fully saturated rings. The van der Waals surface area contributed by atoms with Gasteiger partial charge in [0.2, 0.25) is 0 Å². The maximum atomic E-state index is 12.0. The Kier molecular flexibility index (Phi) is 17.3. The molecule has 0 unspecified atom stereocenters. The normalized spacial score (nSPS) is 14.7. The number of rotatable bonds is 14. The summed E-state index contributed by atoms with van der Waals surface area (Å²) in [6.45, 7) is 9.65. The van der Waals surface area contributed by atoms with Crippen molar-refractivity contribution in [3.8, 4) is 9.85 Å². The first-order valence-electron chi connectivity index (χ1n) is 12.9. The first-order valence-corrected chi connectivity index (χ1v) is 15.4. The molecule has 0 aliphatic carbocycles. The number of aryl methyl sites for hydroxylation is 1. The van der Waals surface area contributed by atoms with Gasteiger partial charge in [0, 0.05) is 22.6 Å². The van der Waals surface area contributed by atoms with Crippen molar-refractivity contribution < 1.29 is 31.7 Å². The molecule has 36 heavy (non-hydrogen) atoms.